The number of sulfonamides is 1. The number of hydrogen-bond donors (Lipinski definition) is 1. The van der Waals surface area contributed by atoms with Crippen LogP contribution < -0.4 is 9.46 Å². The highest BCUT2D eigenvalue weighted by molar-refractivity contribution is 7.90. The van der Waals surface area contributed by atoms with E-state index in [9.17, 15) is 22.8 Å². The number of aryl methyl sites for hydroxylation is 1. The number of rotatable bonds is 7. The predicted octanol–water partition coefficient (Wildman–Crippen LogP) is 7.60. The SMILES string of the molecule is Cc1ccc2c(O[C@@H]3C[C@H]4C(=O)C[C@]5(C(=O)NS(=O)(=O)C6CC6)C[C@@H]5/C=C\CCCCC[C@H]5CC[C@H]3N4C5=O)cc(-c3cccc(C(C)C)n3)nc2c1Cl. The van der Waals surface area contributed by atoms with Gasteiger partial charge in [-0.05, 0) is 93.9 Å². The molecule has 4 fully saturated rings. The van der Waals surface area contributed by atoms with E-state index in [1.165, 1.54) is 0 Å². The Bertz CT molecular complexity index is 2150. The summed E-state index contributed by atoms with van der Waals surface area (Å²) in [6.07, 6.45) is 11.0. The van der Waals surface area contributed by atoms with Crippen molar-refractivity contribution in [3.8, 4) is 17.1 Å². The Morgan fingerprint density at radius 2 is 1.83 bits per heavy atom. The number of amides is 2. The summed E-state index contributed by atoms with van der Waals surface area (Å²) in [6.45, 7) is 6.11. The fourth-order valence-corrected chi connectivity index (χ4v) is 10.5. The van der Waals surface area contributed by atoms with Gasteiger partial charge in [-0.1, -0.05) is 62.6 Å². The van der Waals surface area contributed by atoms with Crippen LogP contribution in [0.1, 0.15) is 108 Å². The topological polar surface area (TPSA) is 136 Å². The molecule has 5 aliphatic rings. The summed E-state index contributed by atoms with van der Waals surface area (Å²) in [5, 5.41) is 0.688. The van der Waals surface area contributed by atoms with Gasteiger partial charge in [0.1, 0.15) is 11.9 Å². The first-order valence-electron chi connectivity index (χ1n) is 19.7. The number of nitrogens with zero attached hydrogens (tertiary/aromatic N) is 3. The number of allylic oxidation sites excluding steroid dienone is 2. The molecule has 2 aliphatic carbocycles. The molecule has 2 saturated carbocycles. The van der Waals surface area contributed by atoms with E-state index in [0.29, 0.717) is 59.8 Å². The maximum atomic E-state index is 14.6. The third-order valence-corrected chi connectivity index (χ3v) is 14.7. The lowest BCUT2D eigenvalue weighted by molar-refractivity contribution is -0.147. The highest BCUT2D eigenvalue weighted by Gasteiger charge is 2.62. The summed E-state index contributed by atoms with van der Waals surface area (Å²) >= 11 is 6.89. The van der Waals surface area contributed by atoms with Crippen LogP contribution in [0.4, 0.5) is 0 Å². The maximum Gasteiger partial charge on any atom is 0.240 e. The van der Waals surface area contributed by atoms with Gasteiger partial charge in [-0.3, -0.25) is 24.1 Å². The van der Waals surface area contributed by atoms with Gasteiger partial charge in [0.25, 0.3) is 0 Å². The second-order valence-corrected chi connectivity index (χ2v) is 18.9. The maximum absolute atomic E-state index is 14.6. The number of halogens is 1. The van der Waals surface area contributed by atoms with Crippen LogP contribution in [0.5, 0.6) is 5.75 Å². The molecule has 0 unspecified atom stereocenters. The number of nitrogens with one attached hydrogen (secondary N) is 1. The average molecular weight is 773 g/mol. The first-order chi connectivity index (χ1) is 25.9. The Hall–Kier alpha value is -3.83. The van der Waals surface area contributed by atoms with E-state index in [1.54, 1.807) is 4.90 Å². The molecule has 5 heterocycles. The first kappa shape index (κ1) is 37.1. The van der Waals surface area contributed by atoms with Gasteiger partial charge in [0.05, 0.1) is 44.7 Å². The number of carbonyl (C=O) groups is 3. The van der Waals surface area contributed by atoms with Crippen molar-refractivity contribution in [2.45, 2.75) is 127 Å². The summed E-state index contributed by atoms with van der Waals surface area (Å²) in [5.74, 6) is -0.510. The van der Waals surface area contributed by atoms with Crippen molar-refractivity contribution in [1.29, 1.82) is 0 Å². The lowest BCUT2D eigenvalue weighted by Gasteiger charge is -2.39. The lowest BCUT2D eigenvalue weighted by Crippen LogP contribution is -2.53. The molecule has 1 N–H and O–H groups in total. The lowest BCUT2D eigenvalue weighted by atomic mass is 9.87. The molecular formula is C42H49ClN4O6S. The van der Waals surface area contributed by atoms with Crippen molar-refractivity contribution in [3.63, 3.8) is 0 Å². The molecule has 2 aromatic heterocycles. The van der Waals surface area contributed by atoms with Crippen molar-refractivity contribution in [2.24, 2.45) is 17.3 Å². The second-order valence-electron chi connectivity index (χ2n) is 16.5. The number of benzene rings is 1. The van der Waals surface area contributed by atoms with Crippen LogP contribution in [0.25, 0.3) is 22.3 Å². The minimum absolute atomic E-state index is 0.0282. The van der Waals surface area contributed by atoms with Gasteiger partial charge in [-0.15, -0.1) is 0 Å². The molecule has 0 spiro atoms. The summed E-state index contributed by atoms with van der Waals surface area (Å²) < 4.78 is 35.1. The Morgan fingerprint density at radius 1 is 1.02 bits per heavy atom. The van der Waals surface area contributed by atoms with Crippen molar-refractivity contribution < 1.29 is 27.5 Å². The van der Waals surface area contributed by atoms with Crippen molar-refractivity contribution in [3.05, 3.63) is 64.8 Å². The highest BCUT2D eigenvalue weighted by Crippen LogP contribution is 2.57. The zero-order valence-corrected chi connectivity index (χ0v) is 32.8. The molecule has 0 radical (unpaired) electrons. The summed E-state index contributed by atoms with van der Waals surface area (Å²) in [7, 11) is -3.80. The van der Waals surface area contributed by atoms with E-state index in [-0.39, 0.29) is 48.3 Å². The molecule has 286 valence electrons. The normalized spacial score (nSPS) is 29.4. The minimum atomic E-state index is -3.80. The Morgan fingerprint density at radius 3 is 2.61 bits per heavy atom. The van der Waals surface area contributed by atoms with E-state index in [4.69, 9.17) is 26.3 Å². The van der Waals surface area contributed by atoms with Gasteiger partial charge >= 0.3 is 0 Å². The van der Waals surface area contributed by atoms with E-state index < -0.39 is 38.7 Å². The zero-order valence-electron chi connectivity index (χ0n) is 31.2. The van der Waals surface area contributed by atoms with E-state index in [2.05, 4.69) is 24.6 Å². The number of piperidine rings is 1. The standard InChI is InChI=1S/C42H49ClN4O6S/c1-24(2)30-12-9-13-31(44-30)32-20-36(29-18-14-25(3)38(43)39(29)45-32)53-37-21-34-35(48)23-42(41(50)46-54(51,52)28-16-17-28)22-27(42)11-8-6-4-5-7-10-26-15-19-33(37)47(34)40(26)49/h8-9,11-14,18,20,24,26-28,33-34,37H,4-7,10,15-17,19,21-23H2,1-3H3,(H,46,50)/b11-8-/t26-,27-,33+,34-,37+,42+/m0/s1. The number of ether oxygens (including phenoxy) is 1. The quantitative estimate of drug-likeness (QED) is 0.243. The van der Waals surface area contributed by atoms with Crippen LogP contribution in [-0.2, 0) is 24.4 Å². The number of fused-ring (bicyclic) bond motifs is 3. The van der Waals surface area contributed by atoms with Gasteiger partial charge < -0.3 is 9.64 Å². The summed E-state index contributed by atoms with van der Waals surface area (Å²) in [4.78, 5) is 54.4. The van der Waals surface area contributed by atoms with Crippen LogP contribution in [-0.4, -0.2) is 64.3 Å². The molecule has 54 heavy (non-hydrogen) atoms. The molecule has 6 atom stereocenters. The molecule has 3 aromatic rings. The molecular weight excluding hydrogens is 724 g/mol. The number of ketones is 1. The molecule has 10 nitrogen and oxygen atoms in total. The number of carbonyl (C=O) groups excluding carboxylic acids is 3. The Kier molecular flexibility index (Phi) is 9.86. The van der Waals surface area contributed by atoms with Gasteiger partial charge in [0, 0.05) is 35.9 Å². The van der Waals surface area contributed by atoms with Gasteiger partial charge in [-0.2, -0.15) is 0 Å². The van der Waals surface area contributed by atoms with Crippen LogP contribution in [0.15, 0.2) is 48.6 Å². The molecule has 12 heteroatoms. The summed E-state index contributed by atoms with van der Waals surface area (Å²) in [5.41, 5.74) is 2.54. The van der Waals surface area contributed by atoms with Crippen LogP contribution >= 0.6 is 11.6 Å². The number of hydrogen-bond acceptors (Lipinski definition) is 8. The smallest absolute Gasteiger partial charge is 0.240 e. The first-order valence-corrected chi connectivity index (χ1v) is 21.6. The van der Waals surface area contributed by atoms with Gasteiger partial charge in [-0.25, -0.2) is 13.4 Å². The van der Waals surface area contributed by atoms with Crippen molar-refractivity contribution in [1.82, 2.24) is 19.6 Å². The number of pyridine rings is 2. The fourth-order valence-electron chi connectivity index (χ4n) is 8.91. The van der Waals surface area contributed by atoms with E-state index in [0.717, 1.165) is 48.7 Å². The molecule has 2 bridgehead atoms. The number of Topliss-reactive ketones (excluding diaryl/α,β-unsaturated/α-hetero) is 1. The van der Waals surface area contributed by atoms with Gasteiger partial charge in [0.2, 0.25) is 21.8 Å². The molecule has 8 rings (SSSR count). The van der Waals surface area contributed by atoms with Crippen LogP contribution in [0.2, 0.25) is 5.02 Å². The van der Waals surface area contributed by atoms with E-state index in [1.807, 2.05) is 49.4 Å². The molecule has 1 aromatic carbocycles. The number of aromatic nitrogens is 2. The van der Waals surface area contributed by atoms with E-state index >= 15 is 0 Å². The molecule has 2 amide bonds. The highest BCUT2D eigenvalue weighted by atomic mass is 35.5. The van der Waals surface area contributed by atoms with Crippen molar-refractivity contribution >= 4 is 50.1 Å². The van der Waals surface area contributed by atoms with Gasteiger partial charge in [0.15, 0.2) is 5.78 Å². The molecule has 2 saturated heterocycles. The zero-order chi connectivity index (χ0) is 37.9. The monoisotopic (exact) mass is 772 g/mol. The van der Waals surface area contributed by atoms with Crippen molar-refractivity contribution in [2.75, 3.05) is 0 Å². The minimum Gasteiger partial charge on any atom is -0.487 e. The third-order valence-electron chi connectivity index (χ3n) is 12.4. The van der Waals surface area contributed by atoms with Crippen LogP contribution in [0, 0.1) is 24.2 Å². The average Bonchev–Trinajstić information content (AvgIpc) is 4.08. The molecule has 3 aliphatic heterocycles. The summed E-state index contributed by atoms with van der Waals surface area (Å²) in [6, 6.07) is 10.5. The van der Waals surface area contributed by atoms with Crippen LogP contribution in [0.3, 0.4) is 0 Å². The third kappa shape index (κ3) is 6.95. The second kappa shape index (κ2) is 14.3. The predicted molar refractivity (Wildman–Crippen MR) is 207 cm³/mol. The Balaban J connectivity index is 1.15. The fraction of sp³-hybridized carbons (Fsp3) is 0.548. The largest absolute Gasteiger partial charge is 0.487 e. The Labute approximate surface area is 322 Å².